The van der Waals surface area contributed by atoms with Crippen LogP contribution in [0.15, 0.2) is 12.7 Å². The normalized spacial score (nSPS) is 14.4. The number of aliphatic carboxylic acids is 1. The van der Waals surface area contributed by atoms with Gasteiger partial charge in [0, 0.05) is 19.1 Å². The van der Waals surface area contributed by atoms with E-state index in [2.05, 4.69) is 20.4 Å². The number of urea groups is 1. The number of carbonyl (C=O) groups is 2. The van der Waals surface area contributed by atoms with Gasteiger partial charge in [0.2, 0.25) is 0 Å². The highest BCUT2D eigenvalue weighted by Crippen LogP contribution is 2.28. The van der Waals surface area contributed by atoms with E-state index in [1.807, 2.05) is 0 Å². The Labute approximate surface area is 108 Å². The van der Waals surface area contributed by atoms with E-state index in [0.29, 0.717) is 18.5 Å². The van der Waals surface area contributed by atoms with Gasteiger partial charge in [-0.15, -0.1) is 6.58 Å². The molecule has 0 aromatic rings. The standard InChI is InChI=1S/C13H22N2O3/c1-4-7-14(9-12(16)17)13(18)15(8-10(2)3)11-5-6-11/h4,10-11H,1,5-9H2,2-3H3,(H,16,17). The summed E-state index contributed by atoms with van der Waals surface area (Å²) < 4.78 is 0. The molecule has 18 heavy (non-hydrogen) atoms. The highest BCUT2D eigenvalue weighted by atomic mass is 16.4. The van der Waals surface area contributed by atoms with Gasteiger partial charge in [0.25, 0.3) is 0 Å². The summed E-state index contributed by atoms with van der Waals surface area (Å²) in [5.41, 5.74) is 0. The van der Waals surface area contributed by atoms with Crippen LogP contribution in [0.3, 0.4) is 0 Å². The SMILES string of the molecule is C=CCN(CC(=O)O)C(=O)N(CC(C)C)C1CC1. The van der Waals surface area contributed by atoms with Crippen LogP contribution in [-0.2, 0) is 4.79 Å². The molecular weight excluding hydrogens is 232 g/mol. The van der Waals surface area contributed by atoms with Crippen LogP contribution in [0.25, 0.3) is 0 Å². The molecule has 0 bridgehead atoms. The molecule has 5 nitrogen and oxygen atoms in total. The van der Waals surface area contributed by atoms with E-state index in [9.17, 15) is 9.59 Å². The van der Waals surface area contributed by atoms with Gasteiger partial charge in [0.15, 0.2) is 0 Å². The molecule has 0 radical (unpaired) electrons. The lowest BCUT2D eigenvalue weighted by Gasteiger charge is -2.30. The molecule has 0 atom stereocenters. The number of hydrogen-bond donors (Lipinski definition) is 1. The van der Waals surface area contributed by atoms with Crippen molar-refractivity contribution in [3.05, 3.63) is 12.7 Å². The molecule has 1 N–H and O–H groups in total. The number of carboxylic acids is 1. The molecule has 1 saturated carbocycles. The lowest BCUT2D eigenvalue weighted by atomic mass is 10.2. The quantitative estimate of drug-likeness (QED) is 0.705. The number of carboxylic acid groups (broad SMARTS) is 1. The highest BCUT2D eigenvalue weighted by Gasteiger charge is 2.35. The van der Waals surface area contributed by atoms with E-state index < -0.39 is 5.97 Å². The van der Waals surface area contributed by atoms with Gasteiger partial charge in [-0.3, -0.25) is 4.79 Å². The Kier molecular flexibility index (Phi) is 5.19. The largest absolute Gasteiger partial charge is 0.480 e. The van der Waals surface area contributed by atoms with Crippen molar-refractivity contribution in [1.82, 2.24) is 9.80 Å². The molecule has 1 fully saturated rings. The first kappa shape index (κ1) is 14.5. The van der Waals surface area contributed by atoms with Crippen molar-refractivity contribution in [3.8, 4) is 0 Å². The number of nitrogens with zero attached hydrogens (tertiary/aromatic N) is 2. The smallest absolute Gasteiger partial charge is 0.323 e. The molecule has 1 aliphatic rings. The number of amides is 2. The van der Waals surface area contributed by atoms with Crippen molar-refractivity contribution >= 4 is 12.0 Å². The molecule has 1 aliphatic carbocycles. The monoisotopic (exact) mass is 254 g/mol. The van der Waals surface area contributed by atoms with E-state index in [0.717, 1.165) is 12.8 Å². The van der Waals surface area contributed by atoms with Crippen molar-refractivity contribution in [1.29, 1.82) is 0 Å². The summed E-state index contributed by atoms with van der Waals surface area (Å²) in [7, 11) is 0. The fourth-order valence-electron chi connectivity index (χ4n) is 1.87. The summed E-state index contributed by atoms with van der Waals surface area (Å²) in [6.45, 7) is 8.35. The van der Waals surface area contributed by atoms with Gasteiger partial charge < -0.3 is 14.9 Å². The summed E-state index contributed by atoms with van der Waals surface area (Å²) in [5.74, 6) is -0.615. The molecule has 0 heterocycles. The lowest BCUT2D eigenvalue weighted by Crippen LogP contribution is -2.47. The first-order chi connectivity index (χ1) is 8.45. The Hall–Kier alpha value is -1.52. The van der Waals surface area contributed by atoms with E-state index in [1.54, 1.807) is 11.0 Å². The van der Waals surface area contributed by atoms with Crippen LogP contribution in [-0.4, -0.2) is 52.6 Å². The fourth-order valence-corrected chi connectivity index (χ4v) is 1.87. The first-order valence-electron chi connectivity index (χ1n) is 6.34. The minimum Gasteiger partial charge on any atom is -0.480 e. The second-order valence-corrected chi connectivity index (χ2v) is 5.12. The molecule has 102 valence electrons. The lowest BCUT2D eigenvalue weighted by molar-refractivity contribution is -0.137. The van der Waals surface area contributed by atoms with Crippen LogP contribution in [0, 0.1) is 5.92 Å². The van der Waals surface area contributed by atoms with Crippen LogP contribution in [0.1, 0.15) is 26.7 Å². The molecule has 0 aromatic carbocycles. The van der Waals surface area contributed by atoms with Crippen molar-refractivity contribution in [2.75, 3.05) is 19.6 Å². The number of rotatable bonds is 7. The predicted molar refractivity (Wildman–Crippen MR) is 69.4 cm³/mol. The Morgan fingerprint density at radius 1 is 1.44 bits per heavy atom. The van der Waals surface area contributed by atoms with Crippen LogP contribution in [0.2, 0.25) is 0 Å². The highest BCUT2D eigenvalue weighted by molar-refractivity contribution is 5.80. The van der Waals surface area contributed by atoms with Crippen LogP contribution < -0.4 is 0 Å². The second-order valence-electron chi connectivity index (χ2n) is 5.12. The molecular formula is C13H22N2O3. The molecule has 0 aliphatic heterocycles. The van der Waals surface area contributed by atoms with Gasteiger partial charge in [-0.1, -0.05) is 19.9 Å². The van der Waals surface area contributed by atoms with Crippen LogP contribution in [0.5, 0.6) is 0 Å². The molecule has 1 rings (SSSR count). The summed E-state index contributed by atoms with van der Waals surface area (Å²) in [5, 5.41) is 8.83. The van der Waals surface area contributed by atoms with Crippen molar-refractivity contribution in [3.63, 3.8) is 0 Å². The van der Waals surface area contributed by atoms with E-state index in [1.165, 1.54) is 4.90 Å². The van der Waals surface area contributed by atoms with Gasteiger partial charge >= 0.3 is 12.0 Å². The third kappa shape index (κ3) is 4.39. The maximum absolute atomic E-state index is 12.3. The van der Waals surface area contributed by atoms with Gasteiger partial charge in [-0.25, -0.2) is 4.79 Å². The summed E-state index contributed by atoms with van der Waals surface area (Å²) in [6, 6.07) is 0.106. The molecule has 5 heteroatoms. The summed E-state index contributed by atoms with van der Waals surface area (Å²) in [4.78, 5) is 26.2. The molecule has 0 spiro atoms. The van der Waals surface area contributed by atoms with E-state index in [4.69, 9.17) is 5.11 Å². The molecule has 0 aromatic heterocycles. The van der Waals surface area contributed by atoms with Gasteiger partial charge in [-0.2, -0.15) is 0 Å². The van der Waals surface area contributed by atoms with Crippen LogP contribution >= 0.6 is 0 Å². The maximum atomic E-state index is 12.3. The average molecular weight is 254 g/mol. The third-order valence-electron chi connectivity index (χ3n) is 2.74. The summed E-state index contributed by atoms with van der Waals surface area (Å²) in [6.07, 6.45) is 3.60. The number of carbonyl (C=O) groups excluding carboxylic acids is 1. The average Bonchev–Trinajstić information content (AvgIpc) is 3.07. The van der Waals surface area contributed by atoms with Crippen molar-refractivity contribution < 1.29 is 14.7 Å². The first-order valence-corrected chi connectivity index (χ1v) is 6.34. The van der Waals surface area contributed by atoms with Crippen LogP contribution in [0.4, 0.5) is 4.79 Å². The minimum absolute atomic E-state index is 0.187. The predicted octanol–water partition coefficient (Wildman–Crippen LogP) is 1.80. The van der Waals surface area contributed by atoms with Gasteiger partial charge in [-0.05, 0) is 18.8 Å². The Morgan fingerprint density at radius 2 is 2.06 bits per heavy atom. The number of hydrogen-bond acceptors (Lipinski definition) is 2. The Balaban J connectivity index is 2.70. The molecule has 0 saturated heterocycles. The zero-order valence-electron chi connectivity index (χ0n) is 11.1. The van der Waals surface area contributed by atoms with Gasteiger partial charge in [0.1, 0.15) is 6.54 Å². The third-order valence-corrected chi connectivity index (χ3v) is 2.74. The topological polar surface area (TPSA) is 60.9 Å². The van der Waals surface area contributed by atoms with Crippen molar-refractivity contribution in [2.45, 2.75) is 32.7 Å². The maximum Gasteiger partial charge on any atom is 0.323 e. The second kappa shape index (κ2) is 6.42. The Bertz CT molecular complexity index is 324. The van der Waals surface area contributed by atoms with Crippen molar-refractivity contribution in [2.24, 2.45) is 5.92 Å². The summed E-state index contributed by atoms with van der Waals surface area (Å²) >= 11 is 0. The fraction of sp³-hybridized carbons (Fsp3) is 0.692. The zero-order chi connectivity index (χ0) is 13.7. The van der Waals surface area contributed by atoms with E-state index in [-0.39, 0.29) is 19.1 Å². The molecule has 0 unspecified atom stereocenters. The molecule has 2 amide bonds. The minimum atomic E-state index is -0.995. The zero-order valence-corrected chi connectivity index (χ0v) is 11.1. The Morgan fingerprint density at radius 3 is 2.44 bits per heavy atom. The van der Waals surface area contributed by atoms with E-state index >= 15 is 0 Å². The van der Waals surface area contributed by atoms with Gasteiger partial charge in [0.05, 0.1) is 0 Å².